The SMILES string of the molecule is CC(C)[C@@H]1NC(=O)c2cc(ccc2O)Oc2ccc(cc2)C[C@H](C(=O)NCc2cnn(C)c2)NC(=O)[C@H](C)NC1=O. The van der Waals surface area contributed by atoms with E-state index in [0.717, 1.165) is 11.1 Å². The molecule has 0 radical (unpaired) electrons. The van der Waals surface area contributed by atoms with Gasteiger partial charge in [0.05, 0.1) is 11.8 Å². The summed E-state index contributed by atoms with van der Waals surface area (Å²) in [4.78, 5) is 52.5. The number of benzene rings is 2. The predicted molar refractivity (Wildman–Crippen MR) is 149 cm³/mol. The number of phenols is 1. The Morgan fingerprint density at radius 1 is 1.07 bits per heavy atom. The fourth-order valence-corrected chi connectivity index (χ4v) is 4.33. The number of amides is 4. The quantitative estimate of drug-likeness (QED) is 0.301. The number of aryl methyl sites for hydroxylation is 1. The molecule has 0 saturated heterocycles. The van der Waals surface area contributed by atoms with Crippen molar-refractivity contribution in [1.29, 1.82) is 0 Å². The number of fused-ring (bicyclic) bond motifs is 11. The van der Waals surface area contributed by atoms with Crippen LogP contribution in [0.4, 0.5) is 0 Å². The maximum absolute atomic E-state index is 13.2. The van der Waals surface area contributed by atoms with Crippen molar-refractivity contribution in [2.75, 3.05) is 0 Å². The van der Waals surface area contributed by atoms with Gasteiger partial charge in [0.15, 0.2) is 0 Å². The number of aromatic hydroxyl groups is 1. The highest BCUT2D eigenvalue weighted by Crippen LogP contribution is 2.28. The van der Waals surface area contributed by atoms with Crippen LogP contribution in [0, 0.1) is 5.92 Å². The Hall–Kier alpha value is -4.87. The number of nitrogens with zero attached hydrogens (tertiary/aromatic N) is 2. The molecule has 0 aliphatic carbocycles. The summed E-state index contributed by atoms with van der Waals surface area (Å²) in [6.07, 6.45) is 3.60. The average Bonchev–Trinajstić information content (AvgIpc) is 3.35. The summed E-state index contributed by atoms with van der Waals surface area (Å²) in [6.45, 7) is 5.21. The summed E-state index contributed by atoms with van der Waals surface area (Å²) in [5.74, 6) is -2.09. The Kier molecular flexibility index (Phi) is 8.91. The van der Waals surface area contributed by atoms with Crippen molar-refractivity contribution < 1.29 is 29.0 Å². The first-order valence-corrected chi connectivity index (χ1v) is 13.3. The van der Waals surface area contributed by atoms with Gasteiger partial charge in [-0.05, 0) is 48.7 Å². The molecule has 0 spiro atoms. The average molecular weight is 563 g/mol. The Morgan fingerprint density at radius 3 is 2.44 bits per heavy atom. The van der Waals surface area contributed by atoms with Crippen LogP contribution in [0.5, 0.6) is 17.2 Å². The zero-order valence-electron chi connectivity index (χ0n) is 23.3. The van der Waals surface area contributed by atoms with Crippen LogP contribution in [-0.4, -0.2) is 56.6 Å². The molecule has 12 heteroatoms. The lowest BCUT2D eigenvalue weighted by molar-refractivity contribution is -0.132. The molecule has 2 aromatic carbocycles. The zero-order valence-corrected chi connectivity index (χ0v) is 23.3. The molecule has 0 saturated carbocycles. The summed E-state index contributed by atoms with van der Waals surface area (Å²) in [5.41, 5.74) is 1.49. The molecule has 1 aromatic heterocycles. The van der Waals surface area contributed by atoms with Gasteiger partial charge >= 0.3 is 0 Å². The third-order valence-electron chi connectivity index (χ3n) is 6.66. The molecule has 2 aliphatic rings. The highest BCUT2D eigenvalue weighted by atomic mass is 16.5. The largest absolute Gasteiger partial charge is 0.507 e. The minimum absolute atomic E-state index is 0.0652. The van der Waals surface area contributed by atoms with Crippen LogP contribution in [-0.2, 0) is 34.4 Å². The van der Waals surface area contributed by atoms with E-state index in [-0.39, 0.29) is 30.2 Å². The summed E-state index contributed by atoms with van der Waals surface area (Å²) >= 11 is 0. The lowest BCUT2D eigenvalue weighted by Crippen LogP contribution is -2.57. The van der Waals surface area contributed by atoms with E-state index >= 15 is 0 Å². The molecular formula is C29H34N6O6. The minimum Gasteiger partial charge on any atom is -0.507 e. The molecule has 3 heterocycles. The van der Waals surface area contributed by atoms with Gasteiger partial charge in [-0.1, -0.05) is 26.0 Å². The van der Waals surface area contributed by atoms with Gasteiger partial charge < -0.3 is 31.1 Å². The Bertz CT molecular complexity index is 1430. The van der Waals surface area contributed by atoms with Crippen LogP contribution in [0.15, 0.2) is 54.9 Å². The normalized spacial score (nSPS) is 19.8. The Morgan fingerprint density at radius 2 is 1.78 bits per heavy atom. The van der Waals surface area contributed by atoms with Gasteiger partial charge in [-0.3, -0.25) is 23.9 Å². The highest BCUT2D eigenvalue weighted by molar-refractivity contribution is 6.00. The molecule has 216 valence electrons. The van der Waals surface area contributed by atoms with E-state index in [0.29, 0.717) is 11.5 Å². The van der Waals surface area contributed by atoms with Crippen LogP contribution in [0.1, 0.15) is 42.3 Å². The van der Waals surface area contributed by atoms with Gasteiger partial charge in [0.1, 0.15) is 35.4 Å². The number of carbonyl (C=O) groups is 4. The van der Waals surface area contributed by atoms with Gasteiger partial charge in [-0.15, -0.1) is 0 Å². The van der Waals surface area contributed by atoms with Crippen molar-refractivity contribution in [1.82, 2.24) is 31.0 Å². The fourth-order valence-electron chi connectivity index (χ4n) is 4.33. The standard InChI is InChI=1S/C29H34N6O6/c1-16(2)25-29(40)32-17(3)26(37)33-23(28(39)30-13-19-14-31-35(4)15-19)11-18-5-7-20(8-6-18)41-21-9-10-24(36)22(12-21)27(38)34-25/h5-10,12,14-17,23,25,36H,11,13H2,1-4H3,(H,30,39)(H,32,40)(H,33,37)(H,34,38)/t17-,23+,25-/m0/s1. The second-order valence-electron chi connectivity index (χ2n) is 10.4. The van der Waals surface area contributed by atoms with E-state index in [1.54, 1.807) is 62.2 Å². The lowest BCUT2D eigenvalue weighted by Gasteiger charge is -2.25. The number of hydrogen-bond donors (Lipinski definition) is 5. The maximum atomic E-state index is 13.2. The zero-order chi connectivity index (χ0) is 29.7. The third-order valence-corrected chi connectivity index (χ3v) is 6.66. The van der Waals surface area contributed by atoms with E-state index in [2.05, 4.69) is 26.4 Å². The van der Waals surface area contributed by atoms with E-state index in [9.17, 15) is 24.3 Å². The van der Waals surface area contributed by atoms with E-state index in [1.165, 1.54) is 25.1 Å². The van der Waals surface area contributed by atoms with E-state index in [1.807, 2.05) is 0 Å². The first-order valence-electron chi connectivity index (χ1n) is 13.3. The third kappa shape index (κ3) is 7.41. The van der Waals surface area contributed by atoms with Crippen molar-refractivity contribution in [3.63, 3.8) is 0 Å². The molecular weight excluding hydrogens is 528 g/mol. The molecule has 5 N–H and O–H groups in total. The van der Waals surface area contributed by atoms with E-state index in [4.69, 9.17) is 4.74 Å². The minimum atomic E-state index is -1.01. The molecule has 5 rings (SSSR count). The summed E-state index contributed by atoms with van der Waals surface area (Å²) < 4.78 is 7.51. The first-order chi connectivity index (χ1) is 19.5. The molecule has 0 fully saturated rings. The summed E-state index contributed by atoms with van der Waals surface area (Å²) in [7, 11) is 1.77. The van der Waals surface area contributed by atoms with Crippen LogP contribution >= 0.6 is 0 Å². The molecule has 3 aromatic rings. The number of nitrogens with one attached hydrogen (secondary N) is 4. The molecule has 0 unspecified atom stereocenters. The second-order valence-corrected chi connectivity index (χ2v) is 10.4. The van der Waals surface area contributed by atoms with Crippen molar-refractivity contribution in [3.8, 4) is 17.2 Å². The van der Waals surface area contributed by atoms with Crippen molar-refractivity contribution in [2.45, 2.75) is 51.9 Å². The van der Waals surface area contributed by atoms with Gasteiger partial charge in [0.25, 0.3) is 5.91 Å². The van der Waals surface area contributed by atoms with Crippen molar-refractivity contribution in [3.05, 3.63) is 71.5 Å². The molecule has 41 heavy (non-hydrogen) atoms. The number of ether oxygens (including phenoxy) is 1. The summed E-state index contributed by atoms with van der Waals surface area (Å²) in [6, 6.07) is 8.21. The lowest BCUT2D eigenvalue weighted by atomic mass is 10.0. The Balaban J connectivity index is 1.64. The first kappa shape index (κ1) is 29.1. The smallest absolute Gasteiger partial charge is 0.255 e. The van der Waals surface area contributed by atoms with Crippen LogP contribution in [0.25, 0.3) is 0 Å². The Labute approximate surface area is 237 Å². The summed E-state index contributed by atoms with van der Waals surface area (Å²) in [5, 5.41) is 25.3. The molecule has 4 amide bonds. The second kappa shape index (κ2) is 12.5. The molecule has 4 bridgehead atoms. The van der Waals surface area contributed by atoms with Crippen LogP contribution in [0.2, 0.25) is 0 Å². The molecule has 3 atom stereocenters. The van der Waals surface area contributed by atoms with Gasteiger partial charge in [0.2, 0.25) is 17.7 Å². The number of phenolic OH excluding ortho intramolecular Hbond substituents is 1. The fraction of sp³-hybridized carbons (Fsp3) is 0.345. The number of aromatic nitrogens is 2. The van der Waals surface area contributed by atoms with Crippen LogP contribution < -0.4 is 26.0 Å². The number of hydrogen-bond acceptors (Lipinski definition) is 7. The van der Waals surface area contributed by atoms with E-state index < -0.39 is 41.8 Å². The number of carbonyl (C=O) groups excluding carboxylic acids is 4. The van der Waals surface area contributed by atoms with Crippen molar-refractivity contribution >= 4 is 23.6 Å². The van der Waals surface area contributed by atoms with Gasteiger partial charge in [-0.25, -0.2) is 0 Å². The maximum Gasteiger partial charge on any atom is 0.255 e. The van der Waals surface area contributed by atoms with Gasteiger partial charge in [0, 0.05) is 31.8 Å². The monoisotopic (exact) mass is 562 g/mol. The molecule has 12 nitrogen and oxygen atoms in total. The van der Waals surface area contributed by atoms with Gasteiger partial charge in [-0.2, -0.15) is 5.10 Å². The molecule has 2 aliphatic heterocycles. The predicted octanol–water partition coefficient (Wildman–Crippen LogP) is 1.53. The number of rotatable bonds is 4. The highest BCUT2D eigenvalue weighted by Gasteiger charge is 2.30. The topological polar surface area (TPSA) is 164 Å². The van der Waals surface area contributed by atoms with Crippen molar-refractivity contribution in [2.24, 2.45) is 13.0 Å². The van der Waals surface area contributed by atoms with Crippen LogP contribution in [0.3, 0.4) is 0 Å².